The molecule has 0 unspecified atom stereocenters. The second-order valence-electron chi connectivity index (χ2n) is 5.98. The normalized spacial score (nSPS) is 10.9. The van der Waals surface area contributed by atoms with Gasteiger partial charge in [-0.1, -0.05) is 18.2 Å². The van der Waals surface area contributed by atoms with Crippen molar-refractivity contribution in [2.24, 2.45) is 7.05 Å². The van der Waals surface area contributed by atoms with Crippen LogP contribution in [0.15, 0.2) is 33.9 Å². The number of nitrogens with one attached hydrogen (secondary N) is 2. The first-order chi connectivity index (χ1) is 12.5. The molecule has 0 aliphatic heterocycles. The molecular formula is C18H22N6O2. The highest BCUT2D eigenvalue weighted by Crippen LogP contribution is 2.16. The zero-order chi connectivity index (χ0) is 18.8. The summed E-state index contributed by atoms with van der Waals surface area (Å²) in [5.41, 5.74) is 1.14. The van der Waals surface area contributed by atoms with Crippen molar-refractivity contribution in [3.8, 4) is 0 Å². The molecule has 0 atom stereocenters. The SMILES string of the molecule is CCNc1c(NC)n(C)c(=O)n(Cc2nc(C)c3ccccc3n2)c1=O. The highest BCUT2D eigenvalue weighted by atomic mass is 16.2. The van der Waals surface area contributed by atoms with Gasteiger partial charge in [0, 0.05) is 31.7 Å². The molecule has 136 valence electrons. The summed E-state index contributed by atoms with van der Waals surface area (Å²) in [6.07, 6.45) is 0. The average Bonchev–Trinajstić information content (AvgIpc) is 2.64. The molecule has 8 nitrogen and oxygen atoms in total. The van der Waals surface area contributed by atoms with Gasteiger partial charge in [0.1, 0.15) is 17.3 Å². The van der Waals surface area contributed by atoms with Gasteiger partial charge < -0.3 is 10.6 Å². The predicted octanol–water partition coefficient (Wildman–Crippen LogP) is 1.32. The largest absolute Gasteiger partial charge is 0.378 e. The van der Waals surface area contributed by atoms with Crippen LogP contribution in [-0.2, 0) is 13.6 Å². The van der Waals surface area contributed by atoms with Gasteiger partial charge in [0.05, 0.1) is 12.1 Å². The Balaban J connectivity index is 2.16. The van der Waals surface area contributed by atoms with Crippen LogP contribution in [0.2, 0.25) is 0 Å². The summed E-state index contributed by atoms with van der Waals surface area (Å²) >= 11 is 0. The minimum atomic E-state index is -0.421. The standard InChI is InChI=1S/C18H22N6O2/c1-5-20-15-16(19-3)23(4)18(26)24(17(15)25)10-14-21-11(2)12-8-6-7-9-13(12)22-14/h6-9,19-20H,5,10H2,1-4H3. The summed E-state index contributed by atoms with van der Waals surface area (Å²) < 4.78 is 2.57. The molecule has 0 bridgehead atoms. The molecule has 2 aromatic heterocycles. The van der Waals surface area contributed by atoms with Crippen molar-refractivity contribution < 1.29 is 0 Å². The first kappa shape index (κ1) is 17.7. The van der Waals surface area contributed by atoms with Gasteiger partial charge in [0.25, 0.3) is 5.56 Å². The van der Waals surface area contributed by atoms with Gasteiger partial charge in [-0.2, -0.15) is 0 Å². The number of benzene rings is 1. The smallest absolute Gasteiger partial charge is 0.332 e. The van der Waals surface area contributed by atoms with E-state index < -0.39 is 11.2 Å². The molecule has 26 heavy (non-hydrogen) atoms. The van der Waals surface area contributed by atoms with Crippen LogP contribution >= 0.6 is 0 Å². The third kappa shape index (κ3) is 2.94. The Morgan fingerprint density at radius 3 is 2.58 bits per heavy atom. The Kier molecular flexibility index (Phi) is 4.75. The van der Waals surface area contributed by atoms with Crippen molar-refractivity contribution in [3.63, 3.8) is 0 Å². The van der Waals surface area contributed by atoms with Crippen molar-refractivity contribution in [2.45, 2.75) is 20.4 Å². The Bertz CT molecular complexity index is 1080. The molecule has 0 amide bonds. The van der Waals surface area contributed by atoms with Crippen molar-refractivity contribution in [1.82, 2.24) is 19.1 Å². The number of hydrogen-bond donors (Lipinski definition) is 2. The number of anilines is 2. The molecule has 0 radical (unpaired) electrons. The molecule has 3 rings (SSSR count). The molecule has 2 heterocycles. The van der Waals surface area contributed by atoms with E-state index in [-0.39, 0.29) is 6.54 Å². The quantitative estimate of drug-likeness (QED) is 0.718. The number of aryl methyl sites for hydroxylation is 1. The first-order valence-corrected chi connectivity index (χ1v) is 8.45. The molecule has 0 aliphatic carbocycles. The van der Waals surface area contributed by atoms with E-state index in [2.05, 4.69) is 20.6 Å². The van der Waals surface area contributed by atoms with E-state index in [0.717, 1.165) is 21.2 Å². The van der Waals surface area contributed by atoms with E-state index in [4.69, 9.17) is 0 Å². The Labute approximate surface area is 150 Å². The second-order valence-corrected chi connectivity index (χ2v) is 5.98. The highest BCUT2D eigenvalue weighted by molar-refractivity contribution is 5.80. The minimum absolute atomic E-state index is 0.0135. The van der Waals surface area contributed by atoms with Crippen molar-refractivity contribution >= 4 is 22.4 Å². The lowest BCUT2D eigenvalue weighted by atomic mass is 10.2. The fourth-order valence-electron chi connectivity index (χ4n) is 3.04. The first-order valence-electron chi connectivity index (χ1n) is 8.45. The Morgan fingerprint density at radius 2 is 1.88 bits per heavy atom. The number of rotatable bonds is 5. The fourth-order valence-corrected chi connectivity index (χ4v) is 3.04. The Morgan fingerprint density at radius 1 is 1.15 bits per heavy atom. The highest BCUT2D eigenvalue weighted by Gasteiger charge is 2.17. The van der Waals surface area contributed by atoms with Gasteiger partial charge in [-0.3, -0.25) is 13.9 Å². The summed E-state index contributed by atoms with van der Waals surface area (Å²) in [4.78, 5) is 34.5. The number of fused-ring (bicyclic) bond motifs is 1. The van der Waals surface area contributed by atoms with E-state index in [1.807, 2.05) is 38.1 Å². The van der Waals surface area contributed by atoms with E-state index in [1.54, 1.807) is 14.1 Å². The summed E-state index contributed by atoms with van der Waals surface area (Å²) in [6.45, 7) is 4.36. The monoisotopic (exact) mass is 354 g/mol. The molecule has 0 spiro atoms. The van der Waals surface area contributed by atoms with Crippen LogP contribution in [0.3, 0.4) is 0 Å². The lowest BCUT2D eigenvalue weighted by Crippen LogP contribution is -2.41. The summed E-state index contributed by atoms with van der Waals surface area (Å²) in [6, 6.07) is 7.67. The maximum absolute atomic E-state index is 12.9. The molecule has 0 fully saturated rings. The minimum Gasteiger partial charge on any atom is -0.378 e. The van der Waals surface area contributed by atoms with Gasteiger partial charge >= 0.3 is 5.69 Å². The van der Waals surface area contributed by atoms with E-state index in [0.29, 0.717) is 23.9 Å². The van der Waals surface area contributed by atoms with Crippen molar-refractivity contribution in [1.29, 1.82) is 0 Å². The van der Waals surface area contributed by atoms with Crippen LogP contribution in [0.4, 0.5) is 11.5 Å². The number of nitrogens with zero attached hydrogens (tertiary/aromatic N) is 4. The van der Waals surface area contributed by atoms with Crippen LogP contribution in [-0.4, -0.2) is 32.7 Å². The second kappa shape index (κ2) is 6.99. The lowest BCUT2D eigenvalue weighted by molar-refractivity contribution is 0.626. The van der Waals surface area contributed by atoms with Crippen LogP contribution in [0, 0.1) is 6.92 Å². The number of aromatic nitrogens is 4. The number of hydrogen-bond acceptors (Lipinski definition) is 6. The molecular weight excluding hydrogens is 332 g/mol. The predicted molar refractivity (Wildman–Crippen MR) is 103 cm³/mol. The molecule has 2 N–H and O–H groups in total. The summed E-state index contributed by atoms with van der Waals surface area (Å²) in [5, 5.41) is 6.90. The zero-order valence-corrected chi connectivity index (χ0v) is 15.3. The molecule has 1 aromatic carbocycles. The van der Waals surface area contributed by atoms with Crippen molar-refractivity contribution in [2.75, 3.05) is 24.2 Å². The summed E-state index contributed by atoms with van der Waals surface area (Å²) in [7, 11) is 3.30. The van der Waals surface area contributed by atoms with Crippen LogP contribution in [0.1, 0.15) is 18.4 Å². The third-order valence-corrected chi connectivity index (χ3v) is 4.28. The van der Waals surface area contributed by atoms with Crippen molar-refractivity contribution in [3.05, 3.63) is 56.6 Å². The van der Waals surface area contributed by atoms with Gasteiger partial charge in [-0.25, -0.2) is 14.8 Å². The average molecular weight is 354 g/mol. The Hall–Kier alpha value is -3.16. The van der Waals surface area contributed by atoms with E-state index in [1.165, 1.54) is 4.57 Å². The van der Waals surface area contributed by atoms with E-state index in [9.17, 15) is 9.59 Å². The maximum atomic E-state index is 12.9. The summed E-state index contributed by atoms with van der Waals surface area (Å²) in [5.74, 6) is 0.883. The van der Waals surface area contributed by atoms with Crippen LogP contribution < -0.4 is 21.9 Å². The van der Waals surface area contributed by atoms with Crippen LogP contribution in [0.25, 0.3) is 10.9 Å². The van der Waals surface area contributed by atoms with Gasteiger partial charge in [-0.05, 0) is 19.9 Å². The fraction of sp³-hybridized carbons (Fsp3) is 0.333. The molecule has 0 saturated carbocycles. The lowest BCUT2D eigenvalue weighted by Gasteiger charge is -2.16. The molecule has 0 saturated heterocycles. The zero-order valence-electron chi connectivity index (χ0n) is 15.3. The van der Waals surface area contributed by atoms with Crippen LogP contribution in [0.5, 0.6) is 0 Å². The van der Waals surface area contributed by atoms with Gasteiger partial charge in [-0.15, -0.1) is 0 Å². The third-order valence-electron chi connectivity index (χ3n) is 4.28. The topological polar surface area (TPSA) is 93.8 Å². The molecule has 8 heteroatoms. The van der Waals surface area contributed by atoms with E-state index >= 15 is 0 Å². The molecule has 3 aromatic rings. The maximum Gasteiger partial charge on any atom is 0.332 e. The van der Waals surface area contributed by atoms with Gasteiger partial charge in [0.2, 0.25) is 0 Å². The molecule has 0 aliphatic rings. The van der Waals surface area contributed by atoms with Gasteiger partial charge in [0.15, 0.2) is 0 Å². The number of para-hydroxylation sites is 1.